The monoisotopic (exact) mass is 405 g/mol. The van der Waals surface area contributed by atoms with Crippen molar-refractivity contribution in [2.75, 3.05) is 6.61 Å². The number of amides is 1. The Labute approximate surface area is 154 Å². The Morgan fingerprint density at radius 1 is 1.36 bits per heavy atom. The van der Waals surface area contributed by atoms with E-state index in [9.17, 15) is 4.79 Å². The molecule has 1 aromatic heterocycles. The first-order valence-corrected chi connectivity index (χ1v) is 10.2. The van der Waals surface area contributed by atoms with Crippen LogP contribution in [-0.4, -0.2) is 49.5 Å². The van der Waals surface area contributed by atoms with Crippen LogP contribution >= 0.6 is 0 Å². The normalized spacial score (nSPS) is 19.6. The number of hydrogen-bond acceptors (Lipinski definition) is 3. The molecule has 1 aromatic carbocycles. The van der Waals surface area contributed by atoms with Crippen LogP contribution in [0.15, 0.2) is 29.2 Å². The molecule has 1 aliphatic rings. The zero-order chi connectivity index (χ0) is 18.2. The standard InChI is InChI=1S/C20H23NO3Se/c1-19(2,3)24-18(22)21-15(12-23-20(21,4)5)11-10-14-13-25-17-9-7-6-8-16(14)17/h6-9,13,15H,12H2,1-5H3/t15-/m1/s1. The average molecular weight is 404 g/mol. The van der Waals surface area contributed by atoms with E-state index in [1.54, 1.807) is 4.90 Å². The quantitative estimate of drug-likeness (QED) is 0.497. The van der Waals surface area contributed by atoms with Crippen molar-refractivity contribution < 1.29 is 14.3 Å². The molecule has 3 rings (SSSR count). The second kappa shape index (κ2) is 6.53. The summed E-state index contributed by atoms with van der Waals surface area (Å²) < 4.78 is 12.7. The molecule has 1 fully saturated rings. The van der Waals surface area contributed by atoms with Gasteiger partial charge in [0.25, 0.3) is 0 Å². The third-order valence-electron chi connectivity index (χ3n) is 3.93. The van der Waals surface area contributed by atoms with Crippen molar-refractivity contribution in [1.82, 2.24) is 4.90 Å². The van der Waals surface area contributed by atoms with Gasteiger partial charge in [-0.05, 0) is 0 Å². The van der Waals surface area contributed by atoms with Gasteiger partial charge in [-0.3, -0.25) is 0 Å². The molecule has 0 aliphatic carbocycles. The zero-order valence-electron chi connectivity index (χ0n) is 15.3. The summed E-state index contributed by atoms with van der Waals surface area (Å²) in [5.74, 6) is 6.49. The number of carbonyl (C=O) groups excluding carboxylic acids is 1. The Morgan fingerprint density at radius 2 is 2.08 bits per heavy atom. The van der Waals surface area contributed by atoms with E-state index in [4.69, 9.17) is 9.47 Å². The zero-order valence-corrected chi connectivity index (χ0v) is 17.0. The first-order valence-electron chi connectivity index (χ1n) is 8.31. The van der Waals surface area contributed by atoms with Gasteiger partial charge in [0.15, 0.2) is 0 Å². The molecular formula is C20H23NO3Se. The van der Waals surface area contributed by atoms with E-state index in [1.165, 1.54) is 9.65 Å². The van der Waals surface area contributed by atoms with E-state index in [0.29, 0.717) is 21.1 Å². The topological polar surface area (TPSA) is 38.8 Å². The third-order valence-corrected chi connectivity index (χ3v) is 5.95. The van der Waals surface area contributed by atoms with Crippen molar-refractivity contribution in [1.29, 1.82) is 0 Å². The van der Waals surface area contributed by atoms with Crippen LogP contribution in [0, 0.1) is 11.8 Å². The molecule has 2 aromatic rings. The van der Waals surface area contributed by atoms with Gasteiger partial charge in [-0.15, -0.1) is 0 Å². The van der Waals surface area contributed by atoms with Crippen molar-refractivity contribution in [2.45, 2.75) is 52.0 Å². The van der Waals surface area contributed by atoms with Gasteiger partial charge < -0.3 is 0 Å². The molecular weight excluding hydrogens is 381 g/mol. The molecule has 0 spiro atoms. The molecule has 25 heavy (non-hydrogen) atoms. The SMILES string of the molecule is CC(C)(C)OC(=O)N1[C@H](C#Cc2c[se]c3ccccc23)COC1(C)C. The summed E-state index contributed by atoms with van der Waals surface area (Å²) in [4.78, 5) is 16.4. The Kier molecular flexibility index (Phi) is 4.72. The van der Waals surface area contributed by atoms with E-state index < -0.39 is 11.3 Å². The van der Waals surface area contributed by atoms with Crippen LogP contribution in [0.5, 0.6) is 0 Å². The van der Waals surface area contributed by atoms with E-state index in [1.807, 2.05) is 40.7 Å². The van der Waals surface area contributed by atoms with Crippen molar-refractivity contribution in [2.24, 2.45) is 0 Å². The van der Waals surface area contributed by atoms with Gasteiger partial charge in [-0.1, -0.05) is 0 Å². The predicted molar refractivity (Wildman–Crippen MR) is 99.7 cm³/mol. The summed E-state index contributed by atoms with van der Waals surface area (Å²) in [7, 11) is 0. The first kappa shape index (κ1) is 18.1. The first-order chi connectivity index (χ1) is 11.7. The summed E-state index contributed by atoms with van der Waals surface area (Å²) in [5.41, 5.74) is -0.235. The van der Waals surface area contributed by atoms with Crippen LogP contribution in [0.3, 0.4) is 0 Å². The Balaban J connectivity index is 1.88. The molecule has 1 saturated heterocycles. The van der Waals surface area contributed by atoms with Crippen molar-refractivity contribution in [3.63, 3.8) is 0 Å². The summed E-state index contributed by atoms with van der Waals surface area (Å²) in [5, 5.41) is 1.21. The van der Waals surface area contributed by atoms with E-state index in [2.05, 4.69) is 35.0 Å². The van der Waals surface area contributed by atoms with Crippen LogP contribution in [0.2, 0.25) is 0 Å². The number of carbonyl (C=O) groups is 1. The molecule has 0 unspecified atom stereocenters. The number of ether oxygens (including phenoxy) is 2. The second-order valence-electron chi connectivity index (χ2n) is 7.54. The fourth-order valence-corrected chi connectivity index (χ4v) is 4.68. The second-order valence-corrected chi connectivity index (χ2v) is 9.45. The maximum atomic E-state index is 12.6. The number of fused-ring (bicyclic) bond motifs is 1. The molecule has 1 atom stereocenters. The molecule has 132 valence electrons. The molecule has 0 N–H and O–H groups in total. The van der Waals surface area contributed by atoms with Crippen molar-refractivity contribution >= 4 is 30.2 Å². The summed E-state index contributed by atoms with van der Waals surface area (Å²) in [6, 6.07) is 8.03. The van der Waals surface area contributed by atoms with Crippen LogP contribution in [0.1, 0.15) is 40.2 Å². The molecule has 0 saturated carbocycles. The van der Waals surface area contributed by atoms with Crippen LogP contribution in [0.4, 0.5) is 4.79 Å². The Morgan fingerprint density at radius 3 is 2.80 bits per heavy atom. The van der Waals surface area contributed by atoms with E-state index in [0.717, 1.165) is 5.56 Å². The van der Waals surface area contributed by atoms with Gasteiger partial charge in [0.1, 0.15) is 0 Å². The molecule has 1 amide bonds. The van der Waals surface area contributed by atoms with E-state index in [-0.39, 0.29) is 12.1 Å². The van der Waals surface area contributed by atoms with Gasteiger partial charge >= 0.3 is 155 Å². The van der Waals surface area contributed by atoms with E-state index >= 15 is 0 Å². The maximum absolute atomic E-state index is 12.6. The number of benzene rings is 1. The van der Waals surface area contributed by atoms with Crippen molar-refractivity contribution in [3.8, 4) is 11.8 Å². The summed E-state index contributed by atoms with van der Waals surface area (Å²) in [6.45, 7) is 9.70. The van der Waals surface area contributed by atoms with Crippen LogP contribution in [-0.2, 0) is 9.47 Å². The van der Waals surface area contributed by atoms with Gasteiger partial charge in [-0.2, -0.15) is 0 Å². The Bertz CT molecular complexity index is 851. The predicted octanol–water partition coefficient (Wildman–Crippen LogP) is 3.62. The third kappa shape index (κ3) is 3.93. The molecule has 0 radical (unpaired) electrons. The van der Waals surface area contributed by atoms with Gasteiger partial charge in [-0.25, -0.2) is 0 Å². The number of rotatable bonds is 0. The summed E-state index contributed by atoms with van der Waals surface area (Å²) in [6.07, 6.45) is -0.390. The van der Waals surface area contributed by atoms with Crippen molar-refractivity contribution in [3.05, 3.63) is 34.8 Å². The molecule has 5 heteroatoms. The number of hydrogen-bond donors (Lipinski definition) is 0. The van der Waals surface area contributed by atoms with Crippen LogP contribution in [0.25, 0.3) is 9.65 Å². The van der Waals surface area contributed by atoms with Gasteiger partial charge in [0, 0.05) is 0 Å². The fourth-order valence-electron chi connectivity index (χ4n) is 2.80. The van der Waals surface area contributed by atoms with Crippen LogP contribution < -0.4 is 0 Å². The van der Waals surface area contributed by atoms with Gasteiger partial charge in [0.05, 0.1) is 0 Å². The average Bonchev–Trinajstić information content (AvgIpc) is 3.04. The molecule has 0 bridgehead atoms. The van der Waals surface area contributed by atoms with Gasteiger partial charge in [0.2, 0.25) is 0 Å². The molecule has 4 nitrogen and oxygen atoms in total. The minimum atomic E-state index is -0.729. The summed E-state index contributed by atoms with van der Waals surface area (Å²) >= 11 is 0.330. The molecule has 1 aliphatic heterocycles. The molecule has 2 heterocycles. The Hall–Kier alpha value is -1.73. The fraction of sp³-hybridized carbons (Fsp3) is 0.450. The minimum absolute atomic E-state index is 0.314. The number of nitrogens with zero attached hydrogens (tertiary/aromatic N) is 1.